The number of aryl methyl sites for hydroxylation is 1. The highest BCUT2D eigenvalue weighted by Crippen LogP contribution is 2.08. The first-order valence-electron chi connectivity index (χ1n) is 8.56. The van der Waals surface area contributed by atoms with Gasteiger partial charge in [-0.3, -0.25) is 9.59 Å². The van der Waals surface area contributed by atoms with E-state index < -0.39 is 0 Å². The smallest absolute Gasteiger partial charge is 0.242 e. The summed E-state index contributed by atoms with van der Waals surface area (Å²) >= 11 is 0. The number of carbonyl (C=O) groups is 2. The maximum absolute atomic E-state index is 12.8. The quantitative estimate of drug-likeness (QED) is 0.655. The Bertz CT molecular complexity index is 525. The molecule has 1 aromatic rings. The van der Waals surface area contributed by atoms with E-state index >= 15 is 0 Å². The molecule has 0 radical (unpaired) electrons. The largest absolute Gasteiger partial charge is 0.383 e. The second-order valence-electron chi connectivity index (χ2n) is 6.33. The minimum Gasteiger partial charge on any atom is -0.383 e. The van der Waals surface area contributed by atoms with Crippen molar-refractivity contribution in [3.63, 3.8) is 0 Å². The molecule has 6 heteroatoms. The molecular formula is C18H31N3O3. The van der Waals surface area contributed by atoms with Crippen molar-refractivity contribution in [2.24, 2.45) is 13.0 Å². The van der Waals surface area contributed by atoms with E-state index in [0.717, 1.165) is 12.1 Å². The Kier molecular flexibility index (Phi) is 8.54. The number of hydrogen-bond acceptors (Lipinski definition) is 3. The Morgan fingerprint density at radius 1 is 1.25 bits per heavy atom. The predicted octanol–water partition coefficient (Wildman–Crippen LogP) is 1.89. The molecule has 0 fully saturated rings. The second-order valence-corrected chi connectivity index (χ2v) is 6.33. The summed E-state index contributed by atoms with van der Waals surface area (Å²) < 4.78 is 7.13. The highest BCUT2D eigenvalue weighted by molar-refractivity contribution is 5.85. The topological polar surface area (TPSA) is 54.8 Å². The molecule has 0 saturated heterocycles. The number of amides is 2. The van der Waals surface area contributed by atoms with Crippen LogP contribution in [0.4, 0.5) is 0 Å². The zero-order chi connectivity index (χ0) is 18.1. The molecule has 136 valence electrons. The van der Waals surface area contributed by atoms with Crippen molar-refractivity contribution >= 4 is 11.8 Å². The van der Waals surface area contributed by atoms with E-state index in [1.807, 2.05) is 50.7 Å². The van der Waals surface area contributed by atoms with E-state index in [-0.39, 0.29) is 24.3 Å². The normalized spacial score (nSPS) is 10.9. The lowest BCUT2D eigenvalue weighted by Gasteiger charge is -2.28. The lowest BCUT2D eigenvalue weighted by Crippen LogP contribution is -2.45. The highest BCUT2D eigenvalue weighted by Gasteiger charge is 2.23. The summed E-state index contributed by atoms with van der Waals surface area (Å²) in [4.78, 5) is 28.5. The summed E-state index contributed by atoms with van der Waals surface area (Å²) in [6.45, 7) is 7.96. The van der Waals surface area contributed by atoms with Gasteiger partial charge in [0.05, 0.1) is 19.7 Å². The number of nitrogens with zero attached hydrogens (tertiary/aromatic N) is 3. The second kappa shape index (κ2) is 10.1. The molecule has 0 saturated carbocycles. The van der Waals surface area contributed by atoms with E-state index in [2.05, 4.69) is 0 Å². The van der Waals surface area contributed by atoms with Crippen LogP contribution in [-0.4, -0.2) is 59.5 Å². The third-order valence-corrected chi connectivity index (χ3v) is 3.95. The van der Waals surface area contributed by atoms with Crippen molar-refractivity contribution in [1.29, 1.82) is 0 Å². The Morgan fingerprint density at radius 2 is 1.96 bits per heavy atom. The maximum atomic E-state index is 12.8. The molecule has 0 spiro atoms. The summed E-state index contributed by atoms with van der Waals surface area (Å²) in [5.41, 5.74) is 1.05. The fourth-order valence-electron chi connectivity index (χ4n) is 2.52. The molecule has 1 heterocycles. The van der Waals surface area contributed by atoms with Gasteiger partial charge < -0.3 is 19.1 Å². The van der Waals surface area contributed by atoms with Crippen molar-refractivity contribution in [3.05, 3.63) is 24.0 Å². The van der Waals surface area contributed by atoms with Crippen LogP contribution in [0.3, 0.4) is 0 Å². The zero-order valence-electron chi connectivity index (χ0n) is 15.6. The van der Waals surface area contributed by atoms with E-state index in [1.54, 1.807) is 16.9 Å². The zero-order valence-corrected chi connectivity index (χ0v) is 15.6. The third kappa shape index (κ3) is 6.00. The Labute approximate surface area is 145 Å². The predicted molar refractivity (Wildman–Crippen MR) is 94.4 cm³/mol. The minimum atomic E-state index is -0.107. The van der Waals surface area contributed by atoms with Crippen molar-refractivity contribution in [1.82, 2.24) is 14.4 Å². The molecule has 0 N–H and O–H groups in total. The van der Waals surface area contributed by atoms with Gasteiger partial charge in [-0.25, -0.2) is 0 Å². The summed E-state index contributed by atoms with van der Waals surface area (Å²) in [6, 6.07) is 3.95. The molecular weight excluding hydrogens is 306 g/mol. The average Bonchev–Trinajstić information content (AvgIpc) is 2.94. The number of methoxy groups -OCH3 is 1. The van der Waals surface area contributed by atoms with Gasteiger partial charge in [0.2, 0.25) is 11.8 Å². The molecule has 0 aromatic carbocycles. The van der Waals surface area contributed by atoms with Crippen LogP contribution in [0.1, 0.15) is 32.9 Å². The van der Waals surface area contributed by atoms with Crippen LogP contribution in [-0.2, 0) is 27.9 Å². The van der Waals surface area contributed by atoms with Gasteiger partial charge in [-0.15, -0.1) is 0 Å². The number of aromatic nitrogens is 1. The average molecular weight is 337 g/mol. The standard InChI is InChI=1S/C18H31N3O3/c1-6-9-21(18(23)15(2)3)14-17(22)20(11-12-24-5)13-16-8-7-10-19(16)4/h7-8,10,15H,6,9,11-14H2,1-5H3. The molecule has 1 aromatic heterocycles. The SMILES string of the molecule is CCCN(CC(=O)N(CCOC)Cc1cccn1C)C(=O)C(C)C. The Morgan fingerprint density at radius 3 is 2.46 bits per heavy atom. The van der Waals surface area contributed by atoms with Gasteiger partial charge in [-0.2, -0.15) is 0 Å². The molecule has 0 aliphatic rings. The van der Waals surface area contributed by atoms with Gasteiger partial charge in [0.25, 0.3) is 0 Å². The van der Waals surface area contributed by atoms with Crippen LogP contribution < -0.4 is 0 Å². The lowest BCUT2D eigenvalue weighted by molar-refractivity contribution is -0.143. The Balaban J connectivity index is 2.81. The summed E-state index contributed by atoms with van der Waals surface area (Å²) in [5.74, 6) is -0.129. The summed E-state index contributed by atoms with van der Waals surface area (Å²) in [5, 5.41) is 0. The molecule has 0 aliphatic heterocycles. The van der Waals surface area contributed by atoms with E-state index in [4.69, 9.17) is 4.74 Å². The van der Waals surface area contributed by atoms with Crippen LogP contribution >= 0.6 is 0 Å². The van der Waals surface area contributed by atoms with Crippen LogP contribution in [0.25, 0.3) is 0 Å². The first-order chi connectivity index (χ1) is 11.4. The monoisotopic (exact) mass is 337 g/mol. The van der Waals surface area contributed by atoms with Crippen molar-refractivity contribution < 1.29 is 14.3 Å². The molecule has 6 nitrogen and oxygen atoms in total. The van der Waals surface area contributed by atoms with Gasteiger partial charge in [0.1, 0.15) is 0 Å². The number of rotatable bonds is 10. The fraction of sp³-hybridized carbons (Fsp3) is 0.667. The molecule has 0 atom stereocenters. The van der Waals surface area contributed by atoms with E-state index in [9.17, 15) is 9.59 Å². The van der Waals surface area contributed by atoms with Crippen LogP contribution in [0.2, 0.25) is 0 Å². The van der Waals surface area contributed by atoms with Gasteiger partial charge in [-0.05, 0) is 18.6 Å². The molecule has 2 amide bonds. The molecule has 0 aliphatic carbocycles. The van der Waals surface area contributed by atoms with Crippen molar-refractivity contribution in [2.45, 2.75) is 33.7 Å². The first-order valence-corrected chi connectivity index (χ1v) is 8.56. The molecule has 24 heavy (non-hydrogen) atoms. The minimum absolute atomic E-state index is 0.0239. The molecule has 0 unspecified atom stereocenters. The summed E-state index contributed by atoms with van der Waals surface area (Å²) in [6.07, 6.45) is 2.79. The number of carbonyl (C=O) groups excluding carboxylic acids is 2. The number of ether oxygens (including phenoxy) is 1. The van der Waals surface area contributed by atoms with Crippen LogP contribution in [0, 0.1) is 5.92 Å². The van der Waals surface area contributed by atoms with Crippen molar-refractivity contribution in [2.75, 3.05) is 33.4 Å². The van der Waals surface area contributed by atoms with Gasteiger partial charge in [0.15, 0.2) is 0 Å². The maximum Gasteiger partial charge on any atom is 0.242 e. The third-order valence-electron chi connectivity index (χ3n) is 3.95. The number of hydrogen-bond donors (Lipinski definition) is 0. The van der Waals surface area contributed by atoms with Gasteiger partial charge >= 0.3 is 0 Å². The van der Waals surface area contributed by atoms with E-state index in [1.165, 1.54) is 0 Å². The van der Waals surface area contributed by atoms with Crippen LogP contribution in [0.5, 0.6) is 0 Å². The molecule has 0 bridgehead atoms. The highest BCUT2D eigenvalue weighted by atomic mass is 16.5. The van der Waals surface area contributed by atoms with Gasteiger partial charge in [-0.1, -0.05) is 20.8 Å². The molecule has 1 rings (SSSR count). The lowest BCUT2D eigenvalue weighted by atomic mass is 10.2. The van der Waals surface area contributed by atoms with E-state index in [0.29, 0.717) is 26.2 Å². The fourth-order valence-corrected chi connectivity index (χ4v) is 2.52. The van der Waals surface area contributed by atoms with Crippen LogP contribution in [0.15, 0.2) is 18.3 Å². The van der Waals surface area contributed by atoms with Crippen molar-refractivity contribution in [3.8, 4) is 0 Å². The summed E-state index contributed by atoms with van der Waals surface area (Å²) in [7, 11) is 3.58. The Hall–Kier alpha value is -1.82. The van der Waals surface area contributed by atoms with Gasteiger partial charge in [0, 0.05) is 45.1 Å². The first kappa shape index (κ1) is 20.2.